The number of rotatable bonds is 12. The first-order chi connectivity index (χ1) is 17.6. The van der Waals surface area contributed by atoms with Crippen LogP contribution in [-0.2, 0) is 16.4 Å². The first-order valence-corrected chi connectivity index (χ1v) is 14.0. The average Bonchev–Trinajstić information content (AvgIpc) is 2.86. The van der Waals surface area contributed by atoms with Gasteiger partial charge in [0.15, 0.2) is 0 Å². The lowest BCUT2D eigenvalue weighted by Crippen LogP contribution is -2.36. The summed E-state index contributed by atoms with van der Waals surface area (Å²) in [6.07, 6.45) is 0.0765. The van der Waals surface area contributed by atoms with Gasteiger partial charge in [0.05, 0.1) is 23.0 Å². The SMILES string of the molecule is CC(C)Oc1cc(-c2ccc(CCNC[C@@H](O)c3ccccc3)cc2)ccc1C(=O)NS(=O)(=O)C(C)C. The maximum absolute atomic E-state index is 12.7. The van der Waals surface area contributed by atoms with E-state index in [1.807, 2.05) is 68.4 Å². The maximum Gasteiger partial charge on any atom is 0.268 e. The Bertz CT molecular complexity index is 1270. The molecule has 0 aliphatic rings. The quantitative estimate of drug-likeness (QED) is 0.302. The Kier molecular flexibility index (Phi) is 9.86. The van der Waals surface area contributed by atoms with Crippen molar-refractivity contribution in [3.05, 3.63) is 89.5 Å². The Morgan fingerprint density at radius 3 is 2.19 bits per heavy atom. The van der Waals surface area contributed by atoms with Crippen molar-refractivity contribution in [1.82, 2.24) is 10.0 Å². The van der Waals surface area contributed by atoms with E-state index in [1.165, 1.54) is 13.8 Å². The van der Waals surface area contributed by atoms with Gasteiger partial charge in [0.1, 0.15) is 5.75 Å². The molecule has 0 fully saturated rings. The second kappa shape index (κ2) is 12.9. The third-order valence-corrected chi connectivity index (χ3v) is 7.56. The van der Waals surface area contributed by atoms with Crippen LogP contribution in [0.2, 0.25) is 0 Å². The third-order valence-electron chi connectivity index (χ3n) is 5.84. The number of carbonyl (C=O) groups excluding carboxylic acids is 1. The Balaban J connectivity index is 1.65. The summed E-state index contributed by atoms with van der Waals surface area (Å²) in [6, 6.07) is 22.8. The van der Waals surface area contributed by atoms with Crippen molar-refractivity contribution >= 4 is 15.9 Å². The molecule has 0 unspecified atom stereocenters. The molecule has 0 saturated heterocycles. The Hall–Kier alpha value is -3.20. The molecule has 1 amide bonds. The van der Waals surface area contributed by atoms with E-state index in [2.05, 4.69) is 10.0 Å². The summed E-state index contributed by atoms with van der Waals surface area (Å²) in [7, 11) is -3.76. The van der Waals surface area contributed by atoms with Crippen LogP contribution < -0.4 is 14.8 Å². The summed E-state index contributed by atoms with van der Waals surface area (Å²) < 4.78 is 32.3. The molecule has 0 bridgehead atoms. The highest BCUT2D eigenvalue weighted by Crippen LogP contribution is 2.29. The summed E-state index contributed by atoms with van der Waals surface area (Å²) in [5.41, 5.74) is 4.02. The minimum absolute atomic E-state index is 0.169. The molecule has 3 rings (SSSR count). The van der Waals surface area contributed by atoms with Crippen molar-refractivity contribution in [3.63, 3.8) is 0 Å². The number of carbonyl (C=O) groups is 1. The second-order valence-corrected chi connectivity index (χ2v) is 11.7. The zero-order chi connectivity index (χ0) is 27.0. The monoisotopic (exact) mass is 524 g/mol. The minimum atomic E-state index is -3.76. The topological polar surface area (TPSA) is 105 Å². The van der Waals surface area contributed by atoms with Crippen LogP contribution in [0.1, 0.15) is 55.3 Å². The van der Waals surface area contributed by atoms with Crippen molar-refractivity contribution < 1.29 is 23.1 Å². The van der Waals surface area contributed by atoms with Gasteiger partial charge in [0.2, 0.25) is 10.0 Å². The third kappa shape index (κ3) is 8.15. The predicted molar refractivity (Wildman–Crippen MR) is 147 cm³/mol. The molecule has 3 aromatic carbocycles. The summed E-state index contributed by atoms with van der Waals surface area (Å²) >= 11 is 0. The van der Waals surface area contributed by atoms with Crippen molar-refractivity contribution in [1.29, 1.82) is 0 Å². The van der Waals surface area contributed by atoms with E-state index in [0.29, 0.717) is 12.3 Å². The molecule has 7 nitrogen and oxygen atoms in total. The van der Waals surface area contributed by atoms with Crippen molar-refractivity contribution in [2.75, 3.05) is 13.1 Å². The Morgan fingerprint density at radius 2 is 1.57 bits per heavy atom. The highest BCUT2D eigenvalue weighted by Gasteiger charge is 2.23. The fourth-order valence-electron chi connectivity index (χ4n) is 3.67. The lowest BCUT2D eigenvalue weighted by atomic mass is 10.0. The molecule has 0 spiro atoms. The van der Waals surface area contributed by atoms with Gasteiger partial charge in [0, 0.05) is 6.54 Å². The fourth-order valence-corrected chi connectivity index (χ4v) is 4.28. The number of aliphatic hydroxyl groups excluding tert-OH is 1. The molecule has 0 aromatic heterocycles. The first kappa shape index (κ1) is 28.4. The van der Waals surface area contributed by atoms with Crippen LogP contribution in [0.4, 0.5) is 0 Å². The number of aliphatic hydroxyl groups is 1. The van der Waals surface area contributed by atoms with Gasteiger partial charge in [0.25, 0.3) is 5.91 Å². The molecule has 3 N–H and O–H groups in total. The van der Waals surface area contributed by atoms with Gasteiger partial charge >= 0.3 is 0 Å². The van der Waals surface area contributed by atoms with E-state index in [1.54, 1.807) is 18.2 Å². The molecule has 0 aliphatic carbocycles. The summed E-state index contributed by atoms with van der Waals surface area (Å²) in [5.74, 6) is -0.384. The fraction of sp³-hybridized carbons (Fsp3) is 0.345. The minimum Gasteiger partial charge on any atom is -0.490 e. The van der Waals surface area contributed by atoms with Crippen LogP contribution in [0.5, 0.6) is 5.75 Å². The van der Waals surface area contributed by atoms with Gasteiger partial charge in [-0.15, -0.1) is 0 Å². The molecule has 8 heteroatoms. The smallest absolute Gasteiger partial charge is 0.268 e. The van der Waals surface area contributed by atoms with Gasteiger partial charge in [-0.05, 0) is 75.0 Å². The zero-order valence-corrected chi connectivity index (χ0v) is 22.6. The highest BCUT2D eigenvalue weighted by molar-refractivity contribution is 7.90. The van der Waals surface area contributed by atoms with Gasteiger partial charge in [-0.25, -0.2) is 13.1 Å². The molecule has 0 radical (unpaired) electrons. The second-order valence-electron chi connectivity index (χ2n) is 9.48. The standard InChI is InChI=1S/C29H36N2O5S/c1-20(2)36-28-18-25(14-15-26(28)29(33)31-37(34,35)21(3)4)23-12-10-22(11-13-23)16-17-30-19-27(32)24-8-6-5-7-9-24/h5-15,18,20-21,27,30,32H,16-17,19H2,1-4H3,(H,31,33)/t27-/m1/s1. The number of hydrogen-bond acceptors (Lipinski definition) is 6. The van der Waals surface area contributed by atoms with Gasteiger partial charge in [-0.1, -0.05) is 60.7 Å². The van der Waals surface area contributed by atoms with E-state index >= 15 is 0 Å². The Labute approximate surface area is 219 Å². The van der Waals surface area contributed by atoms with Crippen LogP contribution in [0.25, 0.3) is 11.1 Å². The molecule has 0 heterocycles. The van der Waals surface area contributed by atoms with Crippen LogP contribution in [0, 0.1) is 0 Å². The van der Waals surface area contributed by atoms with E-state index < -0.39 is 27.3 Å². The zero-order valence-electron chi connectivity index (χ0n) is 21.8. The molecular weight excluding hydrogens is 488 g/mol. The van der Waals surface area contributed by atoms with Crippen LogP contribution in [-0.4, -0.2) is 43.9 Å². The van der Waals surface area contributed by atoms with Crippen LogP contribution in [0.3, 0.4) is 0 Å². The lowest BCUT2D eigenvalue weighted by Gasteiger charge is -2.17. The Morgan fingerprint density at radius 1 is 0.919 bits per heavy atom. The molecule has 198 valence electrons. The molecule has 1 atom stereocenters. The number of ether oxygens (including phenoxy) is 1. The van der Waals surface area contributed by atoms with Crippen molar-refractivity contribution in [3.8, 4) is 16.9 Å². The summed E-state index contributed by atoms with van der Waals surface area (Å²) in [5, 5.41) is 12.8. The molecule has 0 saturated carbocycles. The lowest BCUT2D eigenvalue weighted by molar-refractivity contribution is 0.0975. The van der Waals surface area contributed by atoms with Gasteiger partial charge < -0.3 is 15.2 Å². The molecule has 37 heavy (non-hydrogen) atoms. The van der Waals surface area contributed by atoms with Crippen molar-refractivity contribution in [2.45, 2.75) is 51.6 Å². The highest BCUT2D eigenvalue weighted by atomic mass is 32.2. The molecule has 3 aromatic rings. The number of sulfonamides is 1. The number of nitrogens with one attached hydrogen (secondary N) is 2. The molecular formula is C29H36N2O5S. The molecule has 0 aliphatic heterocycles. The average molecular weight is 525 g/mol. The number of benzene rings is 3. The van der Waals surface area contributed by atoms with Crippen LogP contribution in [0.15, 0.2) is 72.8 Å². The summed E-state index contributed by atoms with van der Waals surface area (Å²) in [4.78, 5) is 12.7. The number of amides is 1. The normalized spacial score (nSPS) is 12.5. The maximum atomic E-state index is 12.7. The van der Waals surface area contributed by atoms with E-state index in [-0.39, 0.29) is 11.7 Å². The van der Waals surface area contributed by atoms with E-state index in [0.717, 1.165) is 35.2 Å². The first-order valence-electron chi connectivity index (χ1n) is 12.5. The largest absolute Gasteiger partial charge is 0.490 e. The number of hydrogen-bond donors (Lipinski definition) is 3. The van der Waals surface area contributed by atoms with E-state index in [9.17, 15) is 18.3 Å². The van der Waals surface area contributed by atoms with Crippen LogP contribution >= 0.6 is 0 Å². The van der Waals surface area contributed by atoms with Gasteiger partial charge in [-0.3, -0.25) is 4.79 Å². The van der Waals surface area contributed by atoms with Crippen molar-refractivity contribution in [2.24, 2.45) is 0 Å². The predicted octanol–water partition coefficient (Wildman–Crippen LogP) is 4.47. The van der Waals surface area contributed by atoms with E-state index in [4.69, 9.17) is 4.74 Å². The summed E-state index contributed by atoms with van der Waals surface area (Å²) in [6.45, 7) is 7.94. The van der Waals surface area contributed by atoms with Gasteiger partial charge in [-0.2, -0.15) is 0 Å².